The number of likely N-dealkylation sites (tertiary alicyclic amines) is 1. The molecule has 1 fully saturated rings. The first kappa shape index (κ1) is 20.4. The third-order valence-corrected chi connectivity index (χ3v) is 5.33. The van der Waals surface area contributed by atoms with Crippen LogP contribution in [0.15, 0.2) is 42.5 Å². The molecule has 0 aromatic heterocycles. The number of ether oxygens (including phenoxy) is 1. The first-order chi connectivity index (χ1) is 13.5. The summed E-state index contributed by atoms with van der Waals surface area (Å²) in [5.74, 6) is 0.715. The summed E-state index contributed by atoms with van der Waals surface area (Å²) >= 11 is 0. The standard InChI is InChI=1S/C24H32N2O2/c1-4-22(28-23-11-10-18(2)14-19(23)3)24(27)25-16-20-8-7-9-21(15-20)17-26-12-5-6-13-26/h7-11,14-15,22H,4-6,12-13,16-17H2,1-3H3,(H,25,27)/t22-/m0/s1. The number of nitrogens with zero attached hydrogens (tertiary/aromatic N) is 1. The molecule has 3 rings (SSSR count). The lowest BCUT2D eigenvalue weighted by molar-refractivity contribution is -0.128. The van der Waals surface area contributed by atoms with Crippen molar-refractivity contribution >= 4 is 5.91 Å². The molecule has 1 saturated heterocycles. The third kappa shape index (κ3) is 5.59. The maximum atomic E-state index is 12.6. The van der Waals surface area contributed by atoms with Gasteiger partial charge in [-0.05, 0) is 69.0 Å². The minimum Gasteiger partial charge on any atom is -0.480 e. The molecular weight excluding hydrogens is 348 g/mol. The van der Waals surface area contributed by atoms with Crippen molar-refractivity contribution in [1.29, 1.82) is 0 Å². The van der Waals surface area contributed by atoms with Crippen molar-refractivity contribution in [3.05, 3.63) is 64.7 Å². The summed E-state index contributed by atoms with van der Waals surface area (Å²) in [6.45, 7) is 9.94. The van der Waals surface area contributed by atoms with Gasteiger partial charge in [0.1, 0.15) is 5.75 Å². The predicted molar refractivity (Wildman–Crippen MR) is 113 cm³/mol. The molecule has 0 saturated carbocycles. The molecule has 0 radical (unpaired) electrons. The Kier molecular flexibility index (Phi) is 7.10. The second-order valence-corrected chi connectivity index (χ2v) is 7.80. The molecule has 1 heterocycles. The van der Waals surface area contributed by atoms with E-state index in [1.165, 1.54) is 37.1 Å². The summed E-state index contributed by atoms with van der Waals surface area (Å²) in [7, 11) is 0. The van der Waals surface area contributed by atoms with E-state index in [0.29, 0.717) is 13.0 Å². The number of benzene rings is 2. The summed E-state index contributed by atoms with van der Waals surface area (Å²) in [6.07, 6.45) is 2.76. The Balaban J connectivity index is 1.55. The topological polar surface area (TPSA) is 41.6 Å². The number of carbonyl (C=O) groups is 1. The van der Waals surface area contributed by atoms with E-state index in [9.17, 15) is 4.79 Å². The quantitative estimate of drug-likeness (QED) is 0.739. The molecule has 0 spiro atoms. The Bertz CT molecular complexity index is 797. The van der Waals surface area contributed by atoms with Crippen molar-refractivity contribution in [3.8, 4) is 5.75 Å². The molecule has 28 heavy (non-hydrogen) atoms. The summed E-state index contributed by atoms with van der Waals surface area (Å²) in [5.41, 5.74) is 4.69. The number of nitrogens with one attached hydrogen (secondary N) is 1. The lowest BCUT2D eigenvalue weighted by Crippen LogP contribution is -2.37. The minimum absolute atomic E-state index is 0.0626. The van der Waals surface area contributed by atoms with Crippen molar-refractivity contribution in [2.24, 2.45) is 0 Å². The van der Waals surface area contributed by atoms with Crippen LogP contribution in [0.1, 0.15) is 48.4 Å². The Hall–Kier alpha value is -2.33. The molecule has 2 aromatic rings. The SMILES string of the molecule is CC[C@H](Oc1ccc(C)cc1C)C(=O)NCc1cccc(CN2CCCC2)c1. The Labute approximate surface area is 168 Å². The number of rotatable bonds is 8. The van der Waals surface area contributed by atoms with E-state index in [0.717, 1.165) is 23.4 Å². The zero-order valence-electron chi connectivity index (χ0n) is 17.3. The Morgan fingerprint density at radius 1 is 1.11 bits per heavy atom. The smallest absolute Gasteiger partial charge is 0.261 e. The van der Waals surface area contributed by atoms with Crippen LogP contribution in [-0.2, 0) is 17.9 Å². The van der Waals surface area contributed by atoms with Crippen molar-refractivity contribution in [1.82, 2.24) is 10.2 Å². The highest BCUT2D eigenvalue weighted by Crippen LogP contribution is 2.21. The molecule has 2 aromatic carbocycles. The van der Waals surface area contributed by atoms with Gasteiger partial charge in [-0.25, -0.2) is 0 Å². The molecule has 1 aliphatic rings. The maximum Gasteiger partial charge on any atom is 0.261 e. The van der Waals surface area contributed by atoms with Crippen molar-refractivity contribution in [2.45, 2.75) is 59.2 Å². The summed E-state index contributed by atoms with van der Waals surface area (Å²) in [4.78, 5) is 15.1. The van der Waals surface area contributed by atoms with E-state index in [1.807, 2.05) is 26.0 Å². The van der Waals surface area contributed by atoms with E-state index >= 15 is 0 Å². The van der Waals surface area contributed by atoms with Crippen LogP contribution in [0.5, 0.6) is 5.75 Å². The summed E-state index contributed by atoms with van der Waals surface area (Å²) < 4.78 is 5.99. The highest BCUT2D eigenvalue weighted by Gasteiger charge is 2.19. The Morgan fingerprint density at radius 2 is 1.86 bits per heavy atom. The van der Waals surface area contributed by atoms with E-state index < -0.39 is 6.10 Å². The van der Waals surface area contributed by atoms with Gasteiger partial charge in [0.25, 0.3) is 5.91 Å². The van der Waals surface area contributed by atoms with E-state index in [2.05, 4.69) is 47.5 Å². The molecule has 0 aliphatic carbocycles. The van der Waals surface area contributed by atoms with Crippen LogP contribution in [-0.4, -0.2) is 30.0 Å². The normalized spacial score (nSPS) is 15.4. The van der Waals surface area contributed by atoms with Gasteiger partial charge in [0, 0.05) is 13.1 Å². The molecule has 1 aliphatic heterocycles. The zero-order valence-corrected chi connectivity index (χ0v) is 17.3. The predicted octanol–water partition coefficient (Wildman–Crippen LogP) is 4.37. The van der Waals surface area contributed by atoms with Gasteiger partial charge in [-0.15, -0.1) is 0 Å². The van der Waals surface area contributed by atoms with Crippen molar-refractivity contribution in [2.75, 3.05) is 13.1 Å². The van der Waals surface area contributed by atoms with E-state index in [-0.39, 0.29) is 5.91 Å². The first-order valence-electron chi connectivity index (χ1n) is 10.4. The third-order valence-electron chi connectivity index (χ3n) is 5.33. The van der Waals surface area contributed by atoms with E-state index in [1.54, 1.807) is 0 Å². The van der Waals surface area contributed by atoms with E-state index in [4.69, 9.17) is 4.74 Å². The first-order valence-corrected chi connectivity index (χ1v) is 10.4. The van der Waals surface area contributed by atoms with Gasteiger partial charge in [0.15, 0.2) is 6.10 Å². The van der Waals surface area contributed by atoms with Gasteiger partial charge < -0.3 is 10.1 Å². The molecule has 1 amide bonds. The number of hydrogen-bond donors (Lipinski definition) is 1. The van der Waals surface area contributed by atoms with Gasteiger partial charge >= 0.3 is 0 Å². The van der Waals surface area contributed by atoms with Crippen LogP contribution in [0, 0.1) is 13.8 Å². The van der Waals surface area contributed by atoms with Crippen LogP contribution in [0.2, 0.25) is 0 Å². The fraction of sp³-hybridized carbons (Fsp3) is 0.458. The van der Waals surface area contributed by atoms with Gasteiger partial charge in [-0.3, -0.25) is 9.69 Å². The van der Waals surface area contributed by atoms with Crippen LogP contribution in [0.4, 0.5) is 0 Å². The van der Waals surface area contributed by atoms with Crippen molar-refractivity contribution in [3.63, 3.8) is 0 Å². The van der Waals surface area contributed by atoms with Crippen LogP contribution >= 0.6 is 0 Å². The van der Waals surface area contributed by atoms with Gasteiger partial charge in [-0.1, -0.05) is 48.9 Å². The average Bonchev–Trinajstić information content (AvgIpc) is 3.19. The molecule has 1 N–H and O–H groups in total. The lowest BCUT2D eigenvalue weighted by Gasteiger charge is -2.19. The number of carbonyl (C=O) groups excluding carboxylic acids is 1. The molecule has 0 bridgehead atoms. The molecule has 4 heteroatoms. The average molecular weight is 381 g/mol. The molecular formula is C24H32N2O2. The number of amides is 1. The number of aryl methyl sites for hydroxylation is 2. The molecule has 150 valence electrons. The number of hydrogen-bond acceptors (Lipinski definition) is 3. The fourth-order valence-corrected chi connectivity index (χ4v) is 3.75. The minimum atomic E-state index is -0.478. The monoisotopic (exact) mass is 380 g/mol. The molecule has 4 nitrogen and oxygen atoms in total. The van der Waals surface area contributed by atoms with Gasteiger partial charge in [0.05, 0.1) is 0 Å². The second kappa shape index (κ2) is 9.74. The van der Waals surface area contributed by atoms with Crippen molar-refractivity contribution < 1.29 is 9.53 Å². The maximum absolute atomic E-state index is 12.6. The van der Waals surface area contributed by atoms with Crippen LogP contribution in [0.3, 0.4) is 0 Å². The Morgan fingerprint density at radius 3 is 2.57 bits per heavy atom. The highest BCUT2D eigenvalue weighted by atomic mass is 16.5. The van der Waals surface area contributed by atoms with Crippen LogP contribution < -0.4 is 10.1 Å². The molecule has 1 atom stereocenters. The van der Waals surface area contributed by atoms with Gasteiger partial charge in [0.2, 0.25) is 0 Å². The summed E-state index contributed by atoms with van der Waals surface area (Å²) in [5, 5.41) is 3.04. The largest absolute Gasteiger partial charge is 0.480 e. The fourth-order valence-electron chi connectivity index (χ4n) is 3.75. The zero-order chi connectivity index (χ0) is 19.9. The second-order valence-electron chi connectivity index (χ2n) is 7.80. The highest BCUT2D eigenvalue weighted by molar-refractivity contribution is 5.81. The summed E-state index contributed by atoms with van der Waals surface area (Å²) in [6, 6.07) is 14.6. The lowest BCUT2D eigenvalue weighted by atomic mass is 10.1. The molecule has 0 unspecified atom stereocenters. The van der Waals surface area contributed by atoms with Gasteiger partial charge in [-0.2, -0.15) is 0 Å². The van der Waals surface area contributed by atoms with Crippen LogP contribution in [0.25, 0.3) is 0 Å².